The van der Waals surface area contributed by atoms with Gasteiger partial charge in [0, 0.05) is 18.0 Å². The Bertz CT molecular complexity index is 1520. The van der Waals surface area contributed by atoms with Gasteiger partial charge in [-0.05, 0) is 67.1 Å². The van der Waals surface area contributed by atoms with Crippen LogP contribution in [0.15, 0.2) is 23.0 Å². The van der Waals surface area contributed by atoms with E-state index in [1.165, 1.54) is 18.4 Å². The molecule has 2 aromatic rings. The normalized spacial score (nSPS) is 31.2. The molecule has 6 rings (SSSR count). The van der Waals surface area contributed by atoms with E-state index in [0.717, 1.165) is 32.1 Å². The number of halogens is 1. The van der Waals surface area contributed by atoms with Crippen molar-refractivity contribution in [2.24, 2.45) is 29.1 Å². The zero-order valence-electron chi connectivity index (χ0n) is 25.9. The molecule has 2 bridgehead atoms. The molecule has 0 spiro atoms. The molecule has 44 heavy (non-hydrogen) atoms. The molecule has 3 fully saturated rings. The topological polar surface area (TPSA) is 117 Å². The van der Waals surface area contributed by atoms with Gasteiger partial charge in [-0.25, -0.2) is 4.79 Å². The highest BCUT2D eigenvalue weighted by Crippen LogP contribution is 2.58. The number of methoxy groups -OCH3 is 1. The van der Waals surface area contributed by atoms with Crippen molar-refractivity contribution >= 4 is 40.3 Å². The van der Waals surface area contributed by atoms with Crippen molar-refractivity contribution in [1.29, 1.82) is 0 Å². The lowest BCUT2D eigenvalue weighted by molar-refractivity contribution is -0.160. The number of hydrogen-bond acceptors (Lipinski definition) is 8. The molecule has 2 aliphatic heterocycles. The Morgan fingerprint density at radius 1 is 1.05 bits per heavy atom. The van der Waals surface area contributed by atoms with E-state index in [1.54, 1.807) is 22.8 Å². The van der Waals surface area contributed by atoms with Gasteiger partial charge in [-0.15, -0.1) is 0 Å². The van der Waals surface area contributed by atoms with Crippen LogP contribution in [0.3, 0.4) is 0 Å². The Hall–Kier alpha value is -3.14. The standard InChI is InChI=1S/C33H42ClN3O7/c1-33(2,3)24-16-28(38)44-27-13-18-12-23(18)21(27)8-6-5-7-11-36-29(39)22-10-9-19(34)14-25(22)35-32(36)43-20-15-26(31(41)42-4)37(17-20)30(24)40/h9-10,14,18,20-21,23-24,26-27H,5-8,11-13,15-17H2,1-4H3/t18-,20+,21+,23-,24+,26-,27+/m0/s1. The molecule has 238 valence electrons. The Labute approximate surface area is 262 Å². The molecule has 1 amide bonds. The molecular weight excluding hydrogens is 586 g/mol. The minimum absolute atomic E-state index is 0.0661. The minimum Gasteiger partial charge on any atom is -0.467 e. The molecule has 11 heteroatoms. The summed E-state index contributed by atoms with van der Waals surface area (Å²) in [6.07, 6.45) is 4.99. The van der Waals surface area contributed by atoms with Crippen molar-refractivity contribution < 1.29 is 28.6 Å². The first-order chi connectivity index (χ1) is 20.9. The van der Waals surface area contributed by atoms with Gasteiger partial charge in [0.15, 0.2) is 0 Å². The SMILES string of the molecule is COC(=O)[C@@H]1C[C@@H]2CN1C(=O)[C@H](C(C)(C)C)CC(=O)O[C@@H]1C[C@@H]3C[C@@H]3[C@H]1CCCCCn1c(nc3cc(Cl)ccc3c1=O)O2. The molecule has 0 unspecified atom stereocenters. The highest BCUT2D eigenvalue weighted by molar-refractivity contribution is 6.31. The molecule has 10 nitrogen and oxygen atoms in total. The van der Waals surface area contributed by atoms with Gasteiger partial charge in [0.05, 0.1) is 36.9 Å². The smallest absolute Gasteiger partial charge is 0.328 e. The fraction of sp³-hybridized carbons (Fsp3) is 0.667. The molecule has 0 radical (unpaired) electrons. The summed E-state index contributed by atoms with van der Waals surface area (Å²) in [5.74, 6) is -0.422. The van der Waals surface area contributed by atoms with Gasteiger partial charge in [-0.1, -0.05) is 45.2 Å². The van der Waals surface area contributed by atoms with Gasteiger partial charge in [-0.2, -0.15) is 4.98 Å². The third kappa shape index (κ3) is 6.06. The lowest BCUT2D eigenvalue weighted by atomic mass is 9.77. The number of aromatic nitrogens is 2. The number of amides is 1. The van der Waals surface area contributed by atoms with E-state index in [-0.39, 0.29) is 48.9 Å². The Morgan fingerprint density at radius 3 is 2.59 bits per heavy atom. The van der Waals surface area contributed by atoms with Crippen LogP contribution >= 0.6 is 11.6 Å². The number of carbonyl (C=O) groups is 3. The predicted molar refractivity (Wildman–Crippen MR) is 163 cm³/mol. The first-order valence-electron chi connectivity index (χ1n) is 15.9. The highest BCUT2D eigenvalue weighted by Gasteiger charge is 2.54. The van der Waals surface area contributed by atoms with Crippen molar-refractivity contribution in [1.82, 2.24) is 14.5 Å². The average Bonchev–Trinajstić information content (AvgIpc) is 3.46. The lowest BCUT2D eigenvalue weighted by Crippen LogP contribution is -2.48. The maximum absolute atomic E-state index is 14.2. The average molecular weight is 628 g/mol. The molecule has 1 aromatic heterocycles. The number of rotatable bonds is 1. The van der Waals surface area contributed by atoms with Crippen molar-refractivity contribution in [2.45, 2.75) is 96.9 Å². The summed E-state index contributed by atoms with van der Waals surface area (Å²) in [6.45, 7) is 6.25. The number of hydrogen-bond donors (Lipinski definition) is 0. The maximum Gasteiger partial charge on any atom is 0.328 e. The van der Waals surface area contributed by atoms with Gasteiger partial charge in [-0.3, -0.25) is 19.0 Å². The van der Waals surface area contributed by atoms with Crippen LogP contribution in [0, 0.1) is 29.1 Å². The van der Waals surface area contributed by atoms with Crippen LogP contribution in [0.25, 0.3) is 10.9 Å². The highest BCUT2D eigenvalue weighted by atomic mass is 35.5. The van der Waals surface area contributed by atoms with Crippen LogP contribution in [-0.4, -0.2) is 64.2 Å². The van der Waals surface area contributed by atoms with Crippen molar-refractivity contribution in [2.75, 3.05) is 13.7 Å². The molecule has 4 aliphatic rings. The zero-order chi connectivity index (χ0) is 31.3. The number of benzene rings is 1. The molecular formula is C33H42ClN3O7. The summed E-state index contributed by atoms with van der Waals surface area (Å²) < 4.78 is 19.1. The molecule has 3 heterocycles. The number of ether oxygens (including phenoxy) is 3. The summed E-state index contributed by atoms with van der Waals surface area (Å²) in [5.41, 5.74) is -0.375. The summed E-state index contributed by atoms with van der Waals surface area (Å²) in [5, 5.41) is 0.899. The van der Waals surface area contributed by atoms with Crippen molar-refractivity contribution in [3.05, 3.63) is 33.6 Å². The van der Waals surface area contributed by atoms with Crippen LogP contribution < -0.4 is 10.3 Å². The second-order valence-electron chi connectivity index (χ2n) is 14.1. The molecule has 1 saturated heterocycles. The van der Waals surface area contributed by atoms with Crippen LogP contribution in [0.4, 0.5) is 0 Å². The van der Waals surface area contributed by atoms with Gasteiger partial charge in [0.25, 0.3) is 11.6 Å². The zero-order valence-corrected chi connectivity index (χ0v) is 26.7. The Morgan fingerprint density at radius 2 is 1.84 bits per heavy atom. The number of fused-ring (bicyclic) bond motifs is 7. The first-order valence-corrected chi connectivity index (χ1v) is 16.3. The van der Waals surface area contributed by atoms with Gasteiger partial charge >= 0.3 is 11.9 Å². The summed E-state index contributed by atoms with van der Waals surface area (Å²) in [4.78, 5) is 60.3. The molecule has 2 aliphatic carbocycles. The van der Waals surface area contributed by atoms with Gasteiger partial charge < -0.3 is 19.1 Å². The van der Waals surface area contributed by atoms with Crippen LogP contribution in [0.1, 0.15) is 72.1 Å². The lowest BCUT2D eigenvalue weighted by Gasteiger charge is -2.34. The fourth-order valence-corrected chi connectivity index (χ4v) is 7.79. The maximum atomic E-state index is 14.2. The monoisotopic (exact) mass is 627 g/mol. The van der Waals surface area contributed by atoms with Crippen LogP contribution in [-0.2, 0) is 30.4 Å². The van der Waals surface area contributed by atoms with E-state index in [2.05, 4.69) is 0 Å². The molecule has 7 atom stereocenters. The van der Waals surface area contributed by atoms with E-state index in [4.69, 9.17) is 30.8 Å². The second-order valence-corrected chi connectivity index (χ2v) is 14.5. The van der Waals surface area contributed by atoms with Gasteiger partial charge in [0.1, 0.15) is 18.2 Å². The van der Waals surface area contributed by atoms with E-state index < -0.39 is 29.4 Å². The molecule has 0 N–H and O–H groups in total. The van der Waals surface area contributed by atoms with Crippen molar-refractivity contribution in [3.63, 3.8) is 0 Å². The number of nitrogens with zero attached hydrogens (tertiary/aromatic N) is 3. The summed E-state index contributed by atoms with van der Waals surface area (Å²) >= 11 is 6.23. The third-order valence-corrected chi connectivity index (χ3v) is 10.4. The van der Waals surface area contributed by atoms with E-state index in [0.29, 0.717) is 40.2 Å². The minimum atomic E-state index is -0.901. The largest absolute Gasteiger partial charge is 0.467 e. The fourth-order valence-electron chi connectivity index (χ4n) is 7.62. The van der Waals surface area contributed by atoms with E-state index >= 15 is 0 Å². The predicted octanol–water partition coefficient (Wildman–Crippen LogP) is 4.77. The van der Waals surface area contributed by atoms with E-state index in [1.807, 2.05) is 20.8 Å². The Kier molecular flexibility index (Phi) is 8.41. The van der Waals surface area contributed by atoms with Crippen molar-refractivity contribution in [3.8, 4) is 6.01 Å². The molecule has 2 saturated carbocycles. The second kappa shape index (κ2) is 12.0. The third-order valence-electron chi connectivity index (χ3n) is 10.1. The quantitative estimate of drug-likeness (QED) is 0.415. The Balaban J connectivity index is 1.37. The van der Waals surface area contributed by atoms with E-state index in [9.17, 15) is 19.2 Å². The summed E-state index contributed by atoms with van der Waals surface area (Å²) in [7, 11) is 1.29. The van der Waals surface area contributed by atoms with Crippen LogP contribution in [0.5, 0.6) is 6.01 Å². The number of carbonyl (C=O) groups excluding carboxylic acids is 3. The first kappa shape index (κ1) is 30.9. The summed E-state index contributed by atoms with van der Waals surface area (Å²) in [6, 6.07) is 4.22. The van der Waals surface area contributed by atoms with Gasteiger partial charge in [0.2, 0.25) is 5.91 Å². The molecule has 1 aromatic carbocycles. The number of esters is 2. The van der Waals surface area contributed by atoms with Crippen LogP contribution in [0.2, 0.25) is 5.02 Å².